The molecule has 0 aliphatic carbocycles. The minimum absolute atomic E-state index is 0.0882. The second kappa shape index (κ2) is 4.95. The summed E-state index contributed by atoms with van der Waals surface area (Å²) < 4.78 is 36.6. The standard InChI is InChI=1S/C12H14N2O5S/c15-12-7-14(5-1-4-13-12)20(16,17)9-2-3-10-11(6-9)19-8-18-10/h2-3,6H,1,4-5,7-8H2,(H,13,15). The van der Waals surface area contributed by atoms with E-state index in [-0.39, 0.29) is 24.1 Å². The van der Waals surface area contributed by atoms with Gasteiger partial charge in [0.1, 0.15) is 0 Å². The minimum atomic E-state index is -3.70. The van der Waals surface area contributed by atoms with E-state index in [1.54, 1.807) is 6.07 Å². The van der Waals surface area contributed by atoms with E-state index in [9.17, 15) is 13.2 Å². The van der Waals surface area contributed by atoms with Gasteiger partial charge in [0.25, 0.3) is 0 Å². The normalized spacial score (nSPS) is 19.5. The summed E-state index contributed by atoms with van der Waals surface area (Å²) in [5.74, 6) is 0.648. The van der Waals surface area contributed by atoms with E-state index in [0.29, 0.717) is 31.0 Å². The molecule has 1 fully saturated rings. The molecular formula is C12H14N2O5S. The van der Waals surface area contributed by atoms with Gasteiger partial charge in [0.15, 0.2) is 11.5 Å². The number of amides is 1. The molecule has 108 valence electrons. The van der Waals surface area contributed by atoms with Gasteiger partial charge in [0, 0.05) is 19.2 Å². The van der Waals surface area contributed by atoms with E-state index in [4.69, 9.17) is 9.47 Å². The summed E-state index contributed by atoms with van der Waals surface area (Å²) in [7, 11) is -3.70. The summed E-state index contributed by atoms with van der Waals surface area (Å²) in [6, 6.07) is 4.46. The average molecular weight is 298 g/mol. The molecule has 8 heteroatoms. The predicted molar refractivity (Wildman–Crippen MR) is 69.0 cm³/mol. The van der Waals surface area contributed by atoms with Crippen molar-refractivity contribution in [3.63, 3.8) is 0 Å². The third-order valence-corrected chi connectivity index (χ3v) is 5.05. The van der Waals surface area contributed by atoms with E-state index in [1.165, 1.54) is 16.4 Å². The Morgan fingerprint density at radius 3 is 2.85 bits per heavy atom. The first kappa shape index (κ1) is 13.2. The fourth-order valence-corrected chi connectivity index (χ4v) is 3.62. The van der Waals surface area contributed by atoms with E-state index in [1.807, 2.05) is 0 Å². The van der Waals surface area contributed by atoms with Crippen LogP contribution >= 0.6 is 0 Å². The molecule has 0 saturated carbocycles. The number of carbonyl (C=O) groups is 1. The van der Waals surface area contributed by atoms with Crippen molar-refractivity contribution in [2.45, 2.75) is 11.3 Å². The lowest BCUT2D eigenvalue weighted by Crippen LogP contribution is -2.37. The Hall–Kier alpha value is -1.80. The van der Waals surface area contributed by atoms with Crippen molar-refractivity contribution in [2.75, 3.05) is 26.4 Å². The molecular weight excluding hydrogens is 284 g/mol. The summed E-state index contributed by atoms with van der Waals surface area (Å²) in [4.78, 5) is 11.6. The third kappa shape index (κ3) is 2.32. The van der Waals surface area contributed by atoms with Crippen molar-refractivity contribution in [2.24, 2.45) is 0 Å². The molecule has 7 nitrogen and oxygen atoms in total. The molecule has 1 saturated heterocycles. The maximum Gasteiger partial charge on any atom is 0.243 e. The number of nitrogens with zero attached hydrogens (tertiary/aromatic N) is 1. The zero-order valence-corrected chi connectivity index (χ0v) is 11.5. The second-order valence-electron chi connectivity index (χ2n) is 4.56. The van der Waals surface area contributed by atoms with Crippen LogP contribution < -0.4 is 14.8 Å². The van der Waals surface area contributed by atoms with Crippen molar-refractivity contribution in [3.05, 3.63) is 18.2 Å². The molecule has 0 aromatic heterocycles. The molecule has 2 aliphatic rings. The maximum absolute atomic E-state index is 12.5. The lowest BCUT2D eigenvalue weighted by Gasteiger charge is -2.18. The summed E-state index contributed by atoms with van der Waals surface area (Å²) >= 11 is 0. The van der Waals surface area contributed by atoms with Crippen LogP contribution in [0.5, 0.6) is 11.5 Å². The highest BCUT2D eigenvalue weighted by Gasteiger charge is 2.29. The Morgan fingerprint density at radius 1 is 1.20 bits per heavy atom. The molecule has 20 heavy (non-hydrogen) atoms. The van der Waals surface area contributed by atoms with Gasteiger partial charge in [-0.2, -0.15) is 4.31 Å². The molecule has 2 aliphatic heterocycles. The van der Waals surface area contributed by atoms with Crippen LogP contribution in [0, 0.1) is 0 Å². The van der Waals surface area contributed by atoms with E-state index >= 15 is 0 Å². The highest BCUT2D eigenvalue weighted by atomic mass is 32.2. The Labute approximate surface area is 116 Å². The van der Waals surface area contributed by atoms with E-state index in [2.05, 4.69) is 5.32 Å². The van der Waals surface area contributed by atoms with Gasteiger partial charge in [-0.05, 0) is 18.6 Å². The van der Waals surface area contributed by atoms with Gasteiger partial charge < -0.3 is 14.8 Å². The van der Waals surface area contributed by atoms with Crippen LogP contribution in [-0.4, -0.2) is 45.1 Å². The van der Waals surface area contributed by atoms with Crippen LogP contribution in [0.4, 0.5) is 0 Å². The van der Waals surface area contributed by atoms with Gasteiger partial charge >= 0.3 is 0 Å². The fraction of sp³-hybridized carbons (Fsp3) is 0.417. The first-order chi connectivity index (χ1) is 9.57. The van der Waals surface area contributed by atoms with Crippen LogP contribution in [0.25, 0.3) is 0 Å². The molecule has 1 aromatic carbocycles. The van der Waals surface area contributed by atoms with Crippen LogP contribution in [0.3, 0.4) is 0 Å². The molecule has 0 atom stereocenters. The molecule has 1 N–H and O–H groups in total. The third-order valence-electron chi connectivity index (χ3n) is 3.21. The van der Waals surface area contributed by atoms with Crippen LogP contribution in [0.2, 0.25) is 0 Å². The highest BCUT2D eigenvalue weighted by Crippen LogP contribution is 2.34. The Kier molecular flexibility index (Phi) is 3.27. The summed E-state index contributed by atoms with van der Waals surface area (Å²) in [6.45, 7) is 0.739. The van der Waals surface area contributed by atoms with Crippen molar-refractivity contribution in [1.29, 1.82) is 0 Å². The molecule has 0 spiro atoms. The molecule has 0 radical (unpaired) electrons. The number of ether oxygens (including phenoxy) is 2. The number of fused-ring (bicyclic) bond motifs is 1. The monoisotopic (exact) mass is 298 g/mol. The van der Waals surface area contributed by atoms with Crippen LogP contribution in [0.15, 0.2) is 23.1 Å². The number of nitrogens with one attached hydrogen (secondary N) is 1. The van der Waals surface area contributed by atoms with Crippen LogP contribution in [-0.2, 0) is 14.8 Å². The summed E-state index contributed by atoms with van der Waals surface area (Å²) in [5, 5.41) is 2.65. The number of hydrogen-bond acceptors (Lipinski definition) is 5. The molecule has 1 amide bonds. The van der Waals surface area contributed by atoms with Crippen molar-refractivity contribution < 1.29 is 22.7 Å². The Morgan fingerprint density at radius 2 is 2.00 bits per heavy atom. The quantitative estimate of drug-likeness (QED) is 0.826. The molecule has 1 aromatic rings. The topological polar surface area (TPSA) is 84.9 Å². The largest absolute Gasteiger partial charge is 0.454 e. The number of rotatable bonds is 2. The van der Waals surface area contributed by atoms with Gasteiger partial charge in [-0.15, -0.1) is 0 Å². The van der Waals surface area contributed by atoms with Gasteiger partial charge in [-0.3, -0.25) is 4.79 Å². The first-order valence-corrected chi connectivity index (χ1v) is 7.68. The smallest absolute Gasteiger partial charge is 0.243 e. The van der Waals surface area contributed by atoms with Gasteiger partial charge in [0.05, 0.1) is 11.4 Å². The zero-order valence-electron chi connectivity index (χ0n) is 10.7. The van der Waals surface area contributed by atoms with Crippen molar-refractivity contribution in [3.8, 4) is 11.5 Å². The Balaban J connectivity index is 1.92. The van der Waals surface area contributed by atoms with Crippen LogP contribution in [0.1, 0.15) is 6.42 Å². The van der Waals surface area contributed by atoms with E-state index in [0.717, 1.165) is 0 Å². The minimum Gasteiger partial charge on any atom is -0.454 e. The SMILES string of the molecule is O=C1CN(S(=O)(=O)c2ccc3c(c2)OCO3)CCCN1. The average Bonchev–Trinajstić information content (AvgIpc) is 2.78. The summed E-state index contributed by atoms with van der Waals surface area (Å²) in [6.07, 6.45) is 0.593. The lowest BCUT2D eigenvalue weighted by atomic mass is 10.3. The number of benzene rings is 1. The van der Waals surface area contributed by atoms with Crippen molar-refractivity contribution >= 4 is 15.9 Å². The zero-order chi connectivity index (χ0) is 14.2. The molecule has 0 unspecified atom stereocenters. The molecule has 3 rings (SSSR count). The van der Waals surface area contributed by atoms with E-state index < -0.39 is 10.0 Å². The number of carbonyl (C=O) groups excluding carboxylic acids is 1. The van der Waals surface area contributed by atoms with Gasteiger partial charge in [-0.1, -0.05) is 0 Å². The predicted octanol–water partition coefficient (Wildman–Crippen LogP) is -0.0741. The maximum atomic E-state index is 12.5. The second-order valence-corrected chi connectivity index (χ2v) is 6.50. The number of hydrogen-bond donors (Lipinski definition) is 1. The highest BCUT2D eigenvalue weighted by molar-refractivity contribution is 7.89. The fourth-order valence-electron chi connectivity index (χ4n) is 2.17. The molecule has 0 bridgehead atoms. The van der Waals surface area contributed by atoms with Gasteiger partial charge in [-0.25, -0.2) is 8.42 Å². The summed E-state index contributed by atoms with van der Waals surface area (Å²) in [5.41, 5.74) is 0. The first-order valence-electron chi connectivity index (χ1n) is 6.24. The van der Waals surface area contributed by atoms with Crippen molar-refractivity contribution in [1.82, 2.24) is 9.62 Å². The Bertz CT molecular complexity index is 643. The number of sulfonamides is 1. The van der Waals surface area contributed by atoms with Gasteiger partial charge in [0.2, 0.25) is 22.7 Å². The molecule has 2 heterocycles. The lowest BCUT2D eigenvalue weighted by molar-refractivity contribution is -0.120.